The van der Waals surface area contributed by atoms with E-state index < -0.39 is 0 Å². The topological polar surface area (TPSA) is 21.3 Å². The van der Waals surface area contributed by atoms with Crippen LogP contribution in [0.1, 0.15) is 29.7 Å². The fourth-order valence-corrected chi connectivity index (χ4v) is 2.66. The quantitative estimate of drug-likeness (QED) is 0.839. The van der Waals surface area contributed by atoms with E-state index >= 15 is 0 Å². The molecule has 2 aromatic carbocycles. The Labute approximate surface area is 118 Å². The first-order chi connectivity index (χ1) is 9.33. The van der Waals surface area contributed by atoms with Gasteiger partial charge in [-0.05, 0) is 23.3 Å². The molecule has 1 N–H and O–H groups in total. The van der Waals surface area contributed by atoms with E-state index in [4.69, 9.17) is 17.0 Å². The zero-order valence-electron chi connectivity index (χ0n) is 10.5. The minimum absolute atomic E-state index is 0.0279. The van der Waals surface area contributed by atoms with Gasteiger partial charge in [0.2, 0.25) is 0 Å². The summed E-state index contributed by atoms with van der Waals surface area (Å²) in [6.07, 6.45) is 0.911. The van der Waals surface area contributed by atoms with E-state index in [0.29, 0.717) is 5.17 Å². The maximum atomic E-state index is 5.74. The van der Waals surface area contributed by atoms with Crippen LogP contribution in [0.5, 0.6) is 0 Å². The first-order valence-corrected chi connectivity index (χ1v) is 6.81. The van der Waals surface area contributed by atoms with E-state index in [0.717, 1.165) is 6.42 Å². The van der Waals surface area contributed by atoms with E-state index in [1.54, 1.807) is 0 Å². The maximum absolute atomic E-state index is 5.74. The summed E-state index contributed by atoms with van der Waals surface area (Å²) < 4.78 is 5.74. The van der Waals surface area contributed by atoms with Crippen molar-refractivity contribution in [1.29, 1.82) is 0 Å². The number of rotatable bonds is 2. The smallest absolute Gasteiger partial charge is 0.257 e. The van der Waals surface area contributed by atoms with Crippen molar-refractivity contribution in [3.8, 4) is 0 Å². The lowest BCUT2D eigenvalue weighted by atomic mass is 9.96. The van der Waals surface area contributed by atoms with Crippen molar-refractivity contribution in [2.45, 2.75) is 18.6 Å². The molecule has 19 heavy (non-hydrogen) atoms. The van der Waals surface area contributed by atoms with Gasteiger partial charge in [-0.2, -0.15) is 0 Å². The van der Waals surface area contributed by atoms with Gasteiger partial charge in [0, 0.05) is 6.42 Å². The molecular weight excluding hydrogens is 254 g/mol. The molecule has 2 atom stereocenters. The fraction of sp³-hybridized carbons (Fsp3) is 0.188. The highest BCUT2D eigenvalue weighted by Crippen LogP contribution is 2.32. The molecular formula is C16H15NOS. The van der Waals surface area contributed by atoms with Crippen molar-refractivity contribution in [1.82, 2.24) is 5.32 Å². The van der Waals surface area contributed by atoms with Crippen molar-refractivity contribution in [3.05, 3.63) is 71.8 Å². The molecule has 0 amide bonds. The summed E-state index contributed by atoms with van der Waals surface area (Å²) in [5, 5.41) is 3.72. The van der Waals surface area contributed by atoms with Crippen LogP contribution in [0.2, 0.25) is 0 Å². The van der Waals surface area contributed by atoms with Crippen molar-refractivity contribution in [2.24, 2.45) is 0 Å². The van der Waals surface area contributed by atoms with Crippen molar-refractivity contribution in [2.75, 3.05) is 0 Å². The molecule has 0 bridgehead atoms. The summed E-state index contributed by atoms with van der Waals surface area (Å²) in [6.45, 7) is 0. The van der Waals surface area contributed by atoms with E-state index in [9.17, 15) is 0 Å². The molecule has 2 unspecified atom stereocenters. The van der Waals surface area contributed by atoms with Crippen LogP contribution < -0.4 is 5.32 Å². The number of benzene rings is 2. The Morgan fingerprint density at radius 1 is 0.895 bits per heavy atom. The molecule has 0 radical (unpaired) electrons. The molecule has 0 aromatic heterocycles. The Morgan fingerprint density at radius 2 is 1.47 bits per heavy atom. The van der Waals surface area contributed by atoms with Gasteiger partial charge < -0.3 is 10.1 Å². The van der Waals surface area contributed by atoms with Gasteiger partial charge in [0.1, 0.15) is 6.10 Å². The molecule has 1 aliphatic heterocycles. The van der Waals surface area contributed by atoms with Crippen LogP contribution in [-0.2, 0) is 4.74 Å². The monoisotopic (exact) mass is 269 g/mol. The normalized spacial score (nSPS) is 22.4. The van der Waals surface area contributed by atoms with Crippen LogP contribution in [0.15, 0.2) is 60.7 Å². The molecule has 1 heterocycles. The van der Waals surface area contributed by atoms with Crippen LogP contribution in [0.4, 0.5) is 0 Å². The number of hydrogen-bond acceptors (Lipinski definition) is 2. The zero-order valence-corrected chi connectivity index (χ0v) is 11.3. The molecule has 2 nitrogen and oxygen atoms in total. The number of hydrogen-bond donors (Lipinski definition) is 1. The lowest BCUT2D eigenvalue weighted by Gasteiger charge is -2.32. The van der Waals surface area contributed by atoms with E-state index in [1.165, 1.54) is 11.1 Å². The largest absolute Gasteiger partial charge is 0.463 e. The Kier molecular flexibility index (Phi) is 3.47. The molecule has 1 aliphatic rings. The van der Waals surface area contributed by atoms with E-state index in [2.05, 4.69) is 29.6 Å². The van der Waals surface area contributed by atoms with Crippen LogP contribution in [0.25, 0.3) is 0 Å². The summed E-state index contributed by atoms with van der Waals surface area (Å²) in [6, 6.07) is 20.8. The molecule has 0 aliphatic carbocycles. The third-order valence-corrected chi connectivity index (χ3v) is 3.58. The summed E-state index contributed by atoms with van der Waals surface area (Å²) in [5.41, 5.74) is 2.42. The fourth-order valence-electron chi connectivity index (χ4n) is 2.40. The van der Waals surface area contributed by atoms with E-state index in [1.807, 2.05) is 36.4 Å². The Bertz CT molecular complexity index is 506. The Morgan fingerprint density at radius 3 is 2.11 bits per heavy atom. The lowest BCUT2D eigenvalue weighted by Crippen LogP contribution is -2.36. The Hall–Kier alpha value is -1.87. The summed E-state index contributed by atoms with van der Waals surface area (Å²) in [4.78, 5) is 0. The summed E-state index contributed by atoms with van der Waals surface area (Å²) >= 11 is 5.23. The molecule has 0 spiro atoms. The Balaban J connectivity index is 1.84. The van der Waals surface area contributed by atoms with Crippen molar-refractivity contribution < 1.29 is 4.74 Å². The first kappa shape index (κ1) is 12.2. The van der Waals surface area contributed by atoms with Gasteiger partial charge in [-0.1, -0.05) is 60.7 Å². The average molecular weight is 269 g/mol. The van der Waals surface area contributed by atoms with Gasteiger partial charge in [-0.15, -0.1) is 0 Å². The third kappa shape index (κ3) is 2.76. The molecule has 96 valence electrons. The van der Waals surface area contributed by atoms with Gasteiger partial charge in [-0.25, -0.2) is 0 Å². The molecule has 0 saturated carbocycles. The molecule has 1 fully saturated rings. The summed E-state index contributed by atoms with van der Waals surface area (Å²) in [7, 11) is 0. The third-order valence-electron chi connectivity index (χ3n) is 3.36. The molecule has 3 rings (SSSR count). The standard InChI is InChI=1S/C16H15NOS/c19-16-17-14(12-7-3-1-4-8-12)11-15(18-16)13-9-5-2-6-10-13/h1-10,14-15H,11H2,(H,17,19). The second kappa shape index (κ2) is 5.41. The van der Waals surface area contributed by atoms with Crippen LogP contribution in [-0.4, -0.2) is 5.17 Å². The van der Waals surface area contributed by atoms with Crippen LogP contribution >= 0.6 is 12.2 Å². The highest BCUT2D eigenvalue weighted by molar-refractivity contribution is 7.80. The molecule has 3 heteroatoms. The highest BCUT2D eigenvalue weighted by atomic mass is 32.1. The molecule has 1 saturated heterocycles. The van der Waals surface area contributed by atoms with Gasteiger partial charge in [0.05, 0.1) is 6.04 Å². The highest BCUT2D eigenvalue weighted by Gasteiger charge is 2.27. The minimum Gasteiger partial charge on any atom is -0.463 e. The number of nitrogens with one attached hydrogen (secondary N) is 1. The van der Waals surface area contributed by atoms with Gasteiger partial charge in [0.25, 0.3) is 5.17 Å². The predicted molar refractivity (Wildman–Crippen MR) is 79.8 cm³/mol. The first-order valence-electron chi connectivity index (χ1n) is 6.40. The maximum Gasteiger partial charge on any atom is 0.257 e. The van der Waals surface area contributed by atoms with Crippen LogP contribution in [0, 0.1) is 0 Å². The van der Waals surface area contributed by atoms with Crippen molar-refractivity contribution in [3.63, 3.8) is 0 Å². The minimum atomic E-state index is 0.0279. The van der Waals surface area contributed by atoms with Crippen molar-refractivity contribution >= 4 is 17.4 Å². The number of thiocarbonyl (C=S) groups is 1. The second-order valence-corrected chi connectivity index (χ2v) is 5.02. The average Bonchev–Trinajstić information content (AvgIpc) is 2.48. The van der Waals surface area contributed by atoms with Gasteiger partial charge >= 0.3 is 0 Å². The van der Waals surface area contributed by atoms with Crippen LogP contribution in [0.3, 0.4) is 0 Å². The lowest BCUT2D eigenvalue weighted by molar-refractivity contribution is 0.134. The van der Waals surface area contributed by atoms with Gasteiger partial charge in [-0.3, -0.25) is 0 Å². The number of ether oxygens (including phenoxy) is 1. The second-order valence-electron chi connectivity index (χ2n) is 4.65. The summed E-state index contributed by atoms with van der Waals surface area (Å²) in [5.74, 6) is 0. The van der Waals surface area contributed by atoms with Gasteiger partial charge in [0.15, 0.2) is 0 Å². The zero-order chi connectivity index (χ0) is 13.1. The SMILES string of the molecule is S=C1NC(c2ccccc2)CC(c2ccccc2)O1. The predicted octanol–water partition coefficient (Wildman–Crippen LogP) is 3.76. The molecule has 2 aromatic rings. The van der Waals surface area contributed by atoms with E-state index in [-0.39, 0.29) is 12.1 Å².